The minimum absolute atomic E-state index is 0.0597. The molecule has 0 saturated heterocycles. The molecule has 0 aliphatic rings. The Morgan fingerprint density at radius 3 is 2.67 bits per heavy atom. The van der Waals surface area contributed by atoms with E-state index in [9.17, 15) is 4.79 Å². The number of benzene rings is 1. The van der Waals surface area contributed by atoms with Crippen LogP contribution in [0.4, 0.5) is 5.69 Å². The summed E-state index contributed by atoms with van der Waals surface area (Å²) in [4.78, 5) is 9.83. The lowest BCUT2D eigenvalue weighted by molar-refractivity contribution is 0.404. The van der Waals surface area contributed by atoms with Gasteiger partial charge >= 0.3 is 0 Å². The third-order valence-corrected chi connectivity index (χ3v) is 1.34. The van der Waals surface area contributed by atoms with Gasteiger partial charge in [-0.1, -0.05) is 0 Å². The SMILES string of the molecule is O=[C]CNc1ccc(O)c(O)c1. The molecular weight excluding hydrogens is 158 g/mol. The average Bonchev–Trinajstić information content (AvgIpc) is 2.07. The van der Waals surface area contributed by atoms with Gasteiger partial charge in [-0.2, -0.15) is 0 Å². The van der Waals surface area contributed by atoms with Gasteiger partial charge in [-0.25, -0.2) is 0 Å². The molecule has 1 aromatic carbocycles. The summed E-state index contributed by atoms with van der Waals surface area (Å²) in [6, 6.07) is 4.21. The molecule has 0 aliphatic carbocycles. The molecular formula is C8H8NO3. The van der Waals surface area contributed by atoms with E-state index in [1.54, 1.807) is 12.4 Å². The number of phenolic OH excluding ortho intramolecular Hbond substituents is 2. The Morgan fingerprint density at radius 1 is 1.33 bits per heavy atom. The van der Waals surface area contributed by atoms with E-state index in [0.29, 0.717) is 5.69 Å². The molecule has 4 nitrogen and oxygen atoms in total. The van der Waals surface area contributed by atoms with Crippen LogP contribution in [0.2, 0.25) is 0 Å². The molecule has 0 fully saturated rings. The van der Waals surface area contributed by atoms with E-state index in [2.05, 4.69) is 5.32 Å². The van der Waals surface area contributed by atoms with Crippen molar-refractivity contribution in [3.05, 3.63) is 18.2 Å². The van der Waals surface area contributed by atoms with Gasteiger partial charge in [-0.3, -0.25) is 4.79 Å². The molecule has 0 heterocycles. The topological polar surface area (TPSA) is 69.6 Å². The maximum Gasteiger partial charge on any atom is 0.219 e. The normalized spacial score (nSPS) is 9.33. The van der Waals surface area contributed by atoms with E-state index < -0.39 is 0 Å². The minimum atomic E-state index is -0.217. The van der Waals surface area contributed by atoms with Crippen LogP contribution in [0.15, 0.2) is 18.2 Å². The molecule has 0 unspecified atom stereocenters. The van der Waals surface area contributed by atoms with Gasteiger partial charge in [0.2, 0.25) is 6.29 Å². The van der Waals surface area contributed by atoms with Crippen LogP contribution in [0.1, 0.15) is 0 Å². The first kappa shape index (κ1) is 8.39. The molecule has 0 amide bonds. The smallest absolute Gasteiger partial charge is 0.219 e. The second-order valence-electron chi connectivity index (χ2n) is 2.20. The Kier molecular flexibility index (Phi) is 2.53. The highest BCUT2D eigenvalue weighted by Gasteiger charge is 1.98. The molecule has 0 bridgehead atoms. The van der Waals surface area contributed by atoms with Crippen molar-refractivity contribution in [2.45, 2.75) is 0 Å². The third kappa shape index (κ3) is 1.88. The molecule has 0 saturated carbocycles. The van der Waals surface area contributed by atoms with E-state index >= 15 is 0 Å². The highest BCUT2D eigenvalue weighted by molar-refractivity contribution is 5.61. The summed E-state index contributed by atoms with van der Waals surface area (Å²) < 4.78 is 0. The van der Waals surface area contributed by atoms with E-state index in [1.807, 2.05) is 0 Å². The number of aromatic hydroxyl groups is 2. The Bertz CT molecular complexity index is 286. The monoisotopic (exact) mass is 166 g/mol. The van der Waals surface area contributed by atoms with Crippen LogP contribution in [0.3, 0.4) is 0 Å². The van der Waals surface area contributed by atoms with Gasteiger partial charge in [0, 0.05) is 11.8 Å². The first-order chi connectivity index (χ1) is 5.74. The molecule has 1 radical (unpaired) electrons. The number of rotatable bonds is 3. The summed E-state index contributed by atoms with van der Waals surface area (Å²) in [6.45, 7) is 0.0597. The summed E-state index contributed by atoms with van der Waals surface area (Å²) >= 11 is 0. The first-order valence-corrected chi connectivity index (χ1v) is 3.35. The standard InChI is InChI=1S/C8H8NO3/c10-4-3-9-6-1-2-7(11)8(12)5-6/h1-2,5,9,11-12H,3H2. The summed E-state index contributed by atoms with van der Waals surface area (Å²) in [7, 11) is 0. The second-order valence-corrected chi connectivity index (χ2v) is 2.20. The molecule has 3 N–H and O–H groups in total. The molecule has 12 heavy (non-hydrogen) atoms. The maximum atomic E-state index is 9.83. The van der Waals surface area contributed by atoms with Crippen LogP contribution in [-0.4, -0.2) is 23.0 Å². The van der Waals surface area contributed by atoms with Gasteiger partial charge in [0.1, 0.15) is 0 Å². The van der Waals surface area contributed by atoms with Gasteiger partial charge < -0.3 is 15.5 Å². The fourth-order valence-corrected chi connectivity index (χ4v) is 0.772. The van der Waals surface area contributed by atoms with Crippen LogP contribution in [-0.2, 0) is 4.79 Å². The molecule has 63 valence electrons. The minimum Gasteiger partial charge on any atom is -0.504 e. The summed E-state index contributed by atoms with van der Waals surface area (Å²) in [5.41, 5.74) is 0.564. The van der Waals surface area contributed by atoms with Crippen LogP contribution < -0.4 is 5.32 Å². The fourth-order valence-electron chi connectivity index (χ4n) is 0.772. The van der Waals surface area contributed by atoms with Gasteiger partial charge in [0.15, 0.2) is 11.5 Å². The highest BCUT2D eigenvalue weighted by Crippen LogP contribution is 2.26. The van der Waals surface area contributed by atoms with Crippen molar-refractivity contribution in [1.29, 1.82) is 0 Å². The molecule has 0 aliphatic heterocycles. The van der Waals surface area contributed by atoms with Crippen molar-refractivity contribution in [3.8, 4) is 11.5 Å². The second kappa shape index (κ2) is 3.61. The molecule has 4 heteroatoms. The lowest BCUT2D eigenvalue weighted by atomic mass is 10.3. The summed E-state index contributed by atoms with van der Waals surface area (Å²) in [6.07, 6.45) is 1.65. The third-order valence-electron chi connectivity index (χ3n) is 1.34. The molecule has 1 rings (SSSR count). The van der Waals surface area contributed by atoms with Crippen molar-refractivity contribution in [1.82, 2.24) is 0 Å². The van der Waals surface area contributed by atoms with E-state index in [1.165, 1.54) is 12.1 Å². The van der Waals surface area contributed by atoms with Crippen molar-refractivity contribution >= 4 is 12.0 Å². The molecule has 0 atom stereocenters. The van der Waals surface area contributed by atoms with Gasteiger partial charge in [-0.15, -0.1) is 0 Å². The lowest BCUT2D eigenvalue weighted by Crippen LogP contribution is -2.01. The van der Waals surface area contributed by atoms with Crippen LogP contribution >= 0.6 is 0 Å². The van der Waals surface area contributed by atoms with E-state index in [4.69, 9.17) is 10.2 Å². The van der Waals surface area contributed by atoms with Crippen molar-refractivity contribution in [2.24, 2.45) is 0 Å². The number of hydrogen-bond acceptors (Lipinski definition) is 4. The van der Waals surface area contributed by atoms with Crippen molar-refractivity contribution in [2.75, 3.05) is 11.9 Å². The van der Waals surface area contributed by atoms with E-state index in [0.717, 1.165) is 0 Å². The zero-order chi connectivity index (χ0) is 8.97. The predicted molar refractivity (Wildman–Crippen MR) is 44.0 cm³/mol. The number of phenols is 2. The van der Waals surface area contributed by atoms with Gasteiger partial charge in [0.05, 0.1) is 6.54 Å². The Balaban J connectivity index is 2.75. The summed E-state index contributed by atoms with van der Waals surface area (Å²) in [5.74, 6) is -0.401. The number of carbonyl (C=O) groups excluding carboxylic acids is 1. The molecule has 1 aromatic rings. The highest BCUT2D eigenvalue weighted by atomic mass is 16.3. The van der Waals surface area contributed by atoms with Gasteiger partial charge in [-0.05, 0) is 12.1 Å². The van der Waals surface area contributed by atoms with Crippen LogP contribution in [0, 0.1) is 0 Å². The quantitative estimate of drug-likeness (QED) is 0.454. The number of hydrogen-bond donors (Lipinski definition) is 3. The van der Waals surface area contributed by atoms with Crippen LogP contribution in [0.5, 0.6) is 11.5 Å². The Hall–Kier alpha value is -1.71. The first-order valence-electron chi connectivity index (χ1n) is 3.35. The van der Waals surface area contributed by atoms with Crippen molar-refractivity contribution < 1.29 is 15.0 Å². The Morgan fingerprint density at radius 2 is 2.08 bits per heavy atom. The zero-order valence-corrected chi connectivity index (χ0v) is 6.24. The summed E-state index contributed by atoms with van der Waals surface area (Å²) in [5, 5.41) is 20.6. The zero-order valence-electron chi connectivity index (χ0n) is 6.24. The largest absolute Gasteiger partial charge is 0.504 e. The molecule has 0 aromatic heterocycles. The van der Waals surface area contributed by atoms with Gasteiger partial charge in [0.25, 0.3) is 0 Å². The predicted octanol–water partition coefficient (Wildman–Crippen LogP) is 0.619. The van der Waals surface area contributed by atoms with Crippen LogP contribution in [0.25, 0.3) is 0 Å². The average molecular weight is 166 g/mol. The Labute approximate surface area is 69.5 Å². The number of anilines is 1. The van der Waals surface area contributed by atoms with Crippen molar-refractivity contribution in [3.63, 3.8) is 0 Å². The number of nitrogens with one attached hydrogen (secondary N) is 1. The lowest BCUT2D eigenvalue weighted by Gasteiger charge is -2.02. The fraction of sp³-hybridized carbons (Fsp3) is 0.125. The molecule has 0 spiro atoms. The van der Waals surface area contributed by atoms with E-state index in [-0.39, 0.29) is 18.0 Å². The maximum absolute atomic E-state index is 9.83.